The van der Waals surface area contributed by atoms with Crippen LogP contribution in [0.25, 0.3) is 0 Å². The van der Waals surface area contributed by atoms with Gasteiger partial charge in [-0.3, -0.25) is 0 Å². The van der Waals surface area contributed by atoms with Gasteiger partial charge in [0.1, 0.15) is 0 Å². The maximum atomic E-state index is 5.88. The molecule has 0 saturated carbocycles. The predicted molar refractivity (Wildman–Crippen MR) is 93.2 cm³/mol. The third-order valence-corrected chi connectivity index (χ3v) is 3.53. The predicted octanol–water partition coefficient (Wildman–Crippen LogP) is 4.19. The molecule has 120 valence electrons. The lowest BCUT2D eigenvalue weighted by molar-refractivity contribution is 0.218. The van der Waals surface area contributed by atoms with Crippen molar-refractivity contribution >= 4 is 12.4 Å². The van der Waals surface area contributed by atoms with Crippen LogP contribution in [0.1, 0.15) is 18.0 Å². The molecule has 0 saturated heterocycles. The van der Waals surface area contributed by atoms with Gasteiger partial charge in [0.15, 0.2) is 11.5 Å². The van der Waals surface area contributed by atoms with Gasteiger partial charge < -0.3 is 14.4 Å². The van der Waals surface area contributed by atoms with Gasteiger partial charge in [-0.2, -0.15) is 0 Å². The molecule has 0 spiro atoms. The summed E-state index contributed by atoms with van der Waals surface area (Å²) in [7, 11) is 5.86. The molecule has 1 unspecified atom stereocenters. The molecule has 0 heterocycles. The SMILES string of the molecule is COc1ccccc1OCCC(c1ccccc1)N(C)C.Cl. The van der Waals surface area contributed by atoms with Crippen molar-refractivity contribution in [1.82, 2.24) is 4.90 Å². The second-order valence-corrected chi connectivity index (χ2v) is 5.18. The quantitative estimate of drug-likeness (QED) is 0.763. The Labute approximate surface area is 139 Å². The lowest BCUT2D eigenvalue weighted by Gasteiger charge is -2.25. The van der Waals surface area contributed by atoms with E-state index in [0.717, 1.165) is 17.9 Å². The molecule has 0 aliphatic carbocycles. The fourth-order valence-corrected chi connectivity index (χ4v) is 2.42. The fraction of sp³-hybridized carbons (Fsp3) is 0.333. The van der Waals surface area contributed by atoms with Crippen molar-refractivity contribution < 1.29 is 9.47 Å². The molecule has 0 radical (unpaired) electrons. The van der Waals surface area contributed by atoms with E-state index < -0.39 is 0 Å². The first-order valence-corrected chi connectivity index (χ1v) is 7.19. The summed E-state index contributed by atoms with van der Waals surface area (Å²) in [5.74, 6) is 1.57. The molecule has 0 bridgehead atoms. The van der Waals surface area contributed by atoms with E-state index in [-0.39, 0.29) is 12.4 Å². The molecule has 2 aromatic rings. The van der Waals surface area contributed by atoms with Gasteiger partial charge >= 0.3 is 0 Å². The molecule has 2 rings (SSSR count). The van der Waals surface area contributed by atoms with Crippen LogP contribution in [0.2, 0.25) is 0 Å². The fourth-order valence-electron chi connectivity index (χ4n) is 2.42. The van der Waals surface area contributed by atoms with E-state index in [1.54, 1.807) is 7.11 Å². The number of hydrogen-bond donors (Lipinski definition) is 0. The average molecular weight is 322 g/mol. The Bertz CT molecular complexity index is 546. The number of methoxy groups -OCH3 is 1. The van der Waals surface area contributed by atoms with Crippen LogP contribution in [-0.2, 0) is 0 Å². The summed E-state index contributed by atoms with van der Waals surface area (Å²) >= 11 is 0. The van der Waals surface area contributed by atoms with Gasteiger partial charge in [-0.05, 0) is 31.8 Å². The van der Waals surface area contributed by atoms with E-state index in [9.17, 15) is 0 Å². The molecule has 0 fully saturated rings. The summed E-state index contributed by atoms with van der Waals surface area (Å²) in [6, 6.07) is 18.6. The summed E-state index contributed by atoms with van der Waals surface area (Å²) in [6.45, 7) is 0.651. The Hall–Kier alpha value is -1.71. The number of nitrogens with zero attached hydrogens (tertiary/aromatic N) is 1. The van der Waals surface area contributed by atoms with Gasteiger partial charge in [-0.25, -0.2) is 0 Å². The highest BCUT2D eigenvalue weighted by atomic mass is 35.5. The van der Waals surface area contributed by atoms with Gasteiger partial charge in [-0.15, -0.1) is 12.4 Å². The summed E-state index contributed by atoms with van der Waals surface area (Å²) < 4.78 is 11.2. The number of hydrogen-bond acceptors (Lipinski definition) is 3. The Kier molecular flexibility index (Phi) is 7.78. The lowest BCUT2D eigenvalue weighted by atomic mass is 10.0. The number of para-hydroxylation sites is 2. The van der Waals surface area contributed by atoms with Crippen LogP contribution in [0.15, 0.2) is 54.6 Å². The molecule has 0 amide bonds. The molecule has 22 heavy (non-hydrogen) atoms. The minimum atomic E-state index is 0. The first-order valence-electron chi connectivity index (χ1n) is 7.19. The van der Waals surface area contributed by atoms with E-state index in [2.05, 4.69) is 43.3 Å². The van der Waals surface area contributed by atoms with Crippen molar-refractivity contribution in [3.63, 3.8) is 0 Å². The Morgan fingerprint density at radius 2 is 1.50 bits per heavy atom. The minimum absolute atomic E-state index is 0. The minimum Gasteiger partial charge on any atom is -0.493 e. The van der Waals surface area contributed by atoms with E-state index in [4.69, 9.17) is 9.47 Å². The number of rotatable bonds is 7. The molecular formula is C18H24ClNO2. The van der Waals surface area contributed by atoms with Crippen LogP contribution in [0.5, 0.6) is 11.5 Å². The summed E-state index contributed by atoms with van der Waals surface area (Å²) in [4.78, 5) is 2.22. The maximum absolute atomic E-state index is 5.88. The zero-order valence-corrected chi connectivity index (χ0v) is 14.2. The van der Waals surface area contributed by atoms with Crippen LogP contribution >= 0.6 is 12.4 Å². The van der Waals surface area contributed by atoms with Crippen molar-refractivity contribution in [1.29, 1.82) is 0 Å². The Morgan fingerprint density at radius 3 is 2.09 bits per heavy atom. The second kappa shape index (κ2) is 9.34. The molecule has 4 heteroatoms. The molecule has 0 aliphatic heterocycles. The monoisotopic (exact) mass is 321 g/mol. The highest BCUT2D eigenvalue weighted by Crippen LogP contribution is 2.27. The number of halogens is 1. The molecule has 0 N–H and O–H groups in total. The maximum Gasteiger partial charge on any atom is 0.161 e. The van der Waals surface area contributed by atoms with Crippen LogP contribution in [0, 0.1) is 0 Å². The smallest absolute Gasteiger partial charge is 0.161 e. The Balaban J connectivity index is 0.00000242. The third kappa shape index (κ3) is 4.93. The highest BCUT2D eigenvalue weighted by Gasteiger charge is 2.14. The van der Waals surface area contributed by atoms with E-state index in [1.165, 1.54) is 5.56 Å². The van der Waals surface area contributed by atoms with Crippen LogP contribution in [0.3, 0.4) is 0 Å². The number of ether oxygens (including phenoxy) is 2. The van der Waals surface area contributed by atoms with Crippen molar-refractivity contribution in [2.24, 2.45) is 0 Å². The van der Waals surface area contributed by atoms with Crippen LogP contribution in [-0.4, -0.2) is 32.7 Å². The molecule has 0 aromatic heterocycles. The standard InChI is InChI=1S/C18H23NO2.ClH/c1-19(2)16(15-9-5-4-6-10-15)13-14-21-18-12-8-7-11-17(18)20-3;/h4-12,16H,13-14H2,1-3H3;1H. The van der Waals surface area contributed by atoms with Crippen molar-refractivity contribution in [2.75, 3.05) is 27.8 Å². The molecule has 1 atom stereocenters. The largest absolute Gasteiger partial charge is 0.493 e. The topological polar surface area (TPSA) is 21.7 Å². The molecule has 0 aliphatic rings. The van der Waals surface area contributed by atoms with Gasteiger partial charge in [0.25, 0.3) is 0 Å². The average Bonchev–Trinajstić information content (AvgIpc) is 2.52. The molecule has 3 nitrogen and oxygen atoms in total. The van der Waals surface area contributed by atoms with Crippen molar-refractivity contribution in [2.45, 2.75) is 12.5 Å². The molecule has 2 aromatic carbocycles. The van der Waals surface area contributed by atoms with Crippen molar-refractivity contribution in [3.05, 3.63) is 60.2 Å². The summed E-state index contributed by atoms with van der Waals surface area (Å²) in [5.41, 5.74) is 1.31. The van der Waals surface area contributed by atoms with Gasteiger partial charge in [0, 0.05) is 12.5 Å². The molecular weight excluding hydrogens is 298 g/mol. The third-order valence-electron chi connectivity index (χ3n) is 3.53. The highest BCUT2D eigenvalue weighted by molar-refractivity contribution is 5.85. The second-order valence-electron chi connectivity index (χ2n) is 5.18. The first-order chi connectivity index (χ1) is 10.2. The lowest BCUT2D eigenvalue weighted by Crippen LogP contribution is -2.22. The summed E-state index contributed by atoms with van der Waals surface area (Å²) in [5, 5.41) is 0. The summed E-state index contributed by atoms with van der Waals surface area (Å²) in [6.07, 6.45) is 0.926. The van der Waals surface area contributed by atoms with Gasteiger partial charge in [0.2, 0.25) is 0 Å². The zero-order valence-electron chi connectivity index (χ0n) is 13.4. The van der Waals surface area contributed by atoms with Crippen LogP contribution < -0.4 is 9.47 Å². The van der Waals surface area contributed by atoms with Crippen LogP contribution in [0.4, 0.5) is 0 Å². The van der Waals surface area contributed by atoms with Crippen molar-refractivity contribution in [3.8, 4) is 11.5 Å². The number of benzene rings is 2. The van der Waals surface area contributed by atoms with E-state index in [0.29, 0.717) is 12.6 Å². The Morgan fingerprint density at radius 1 is 0.909 bits per heavy atom. The van der Waals surface area contributed by atoms with E-state index >= 15 is 0 Å². The normalized spacial score (nSPS) is 11.6. The van der Waals surface area contributed by atoms with Gasteiger partial charge in [-0.1, -0.05) is 42.5 Å². The van der Waals surface area contributed by atoms with E-state index in [1.807, 2.05) is 30.3 Å². The van der Waals surface area contributed by atoms with Gasteiger partial charge in [0.05, 0.1) is 13.7 Å². The first kappa shape index (κ1) is 18.3. The zero-order chi connectivity index (χ0) is 15.1.